The highest BCUT2D eigenvalue weighted by molar-refractivity contribution is 5.96. The van der Waals surface area contributed by atoms with Crippen LogP contribution in [0.25, 0.3) is 0 Å². The van der Waals surface area contributed by atoms with Crippen LogP contribution in [-0.2, 0) is 6.42 Å². The molecule has 0 aromatic heterocycles. The number of fused-ring (bicyclic) bond motifs is 1. The first-order chi connectivity index (χ1) is 17.9. The molecule has 1 N–H and O–H groups in total. The van der Waals surface area contributed by atoms with E-state index in [4.69, 9.17) is 4.74 Å². The minimum Gasteiger partial charge on any atom is -0.454 e. The van der Waals surface area contributed by atoms with Crippen LogP contribution in [0, 0.1) is 29.4 Å². The monoisotopic (exact) mass is 510 g/mol. The Morgan fingerprint density at radius 3 is 2.46 bits per heavy atom. The number of aryl methyl sites for hydroxylation is 1. The maximum absolute atomic E-state index is 14.2. The number of hydrogen-bond acceptors (Lipinski definition) is 3. The Hall–Kier alpha value is -2.47. The van der Waals surface area contributed by atoms with Gasteiger partial charge in [-0.05, 0) is 112 Å². The first-order valence-corrected chi connectivity index (χ1v) is 14.2. The van der Waals surface area contributed by atoms with E-state index in [9.17, 15) is 13.6 Å². The molecule has 2 saturated carbocycles. The lowest BCUT2D eigenvalue weighted by Gasteiger charge is -2.38. The van der Waals surface area contributed by atoms with Crippen LogP contribution in [0.4, 0.5) is 8.78 Å². The van der Waals surface area contributed by atoms with Gasteiger partial charge in [-0.15, -0.1) is 0 Å². The Kier molecular flexibility index (Phi) is 8.13. The third-order valence-electron chi connectivity index (χ3n) is 8.52. The minimum atomic E-state index is -0.764. The van der Waals surface area contributed by atoms with E-state index >= 15 is 0 Å². The Morgan fingerprint density at radius 2 is 1.76 bits per heavy atom. The van der Waals surface area contributed by atoms with Gasteiger partial charge in [0, 0.05) is 30.3 Å². The van der Waals surface area contributed by atoms with E-state index in [-0.39, 0.29) is 17.7 Å². The number of carbonyl (C=O) groups excluding carboxylic acids is 1. The van der Waals surface area contributed by atoms with Gasteiger partial charge in [-0.2, -0.15) is 0 Å². The molecule has 200 valence electrons. The van der Waals surface area contributed by atoms with Crippen LogP contribution in [0.15, 0.2) is 36.4 Å². The van der Waals surface area contributed by atoms with E-state index in [1.54, 1.807) is 12.1 Å². The smallest absolute Gasteiger partial charge is 0.254 e. The maximum Gasteiger partial charge on any atom is 0.254 e. The topological polar surface area (TPSA) is 41.6 Å². The molecular formula is C31H40F2N2O2. The third kappa shape index (κ3) is 6.51. The lowest BCUT2D eigenvalue weighted by Crippen LogP contribution is -2.45. The highest BCUT2D eigenvalue weighted by Crippen LogP contribution is 2.35. The zero-order valence-corrected chi connectivity index (χ0v) is 22.1. The summed E-state index contributed by atoms with van der Waals surface area (Å²) in [5, 5.41) is 3.78. The van der Waals surface area contributed by atoms with Crippen LogP contribution in [0.1, 0.15) is 81.1 Å². The van der Waals surface area contributed by atoms with Crippen molar-refractivity contribution in [2.75, 3.05) is 13.1 Å². The Balaban J connectivity index is 1.27. The van der Waals surface area contributed by atoms with Crippen LogP contribution >= 0.6 is 0 Å². The summed E-state index contributed by atoms with van der Waals surface area (Å²) < 4.78 is 33.2. The fraction of sp³-hybridized carbons (Fsp3) is 0.581. The van der Waals surface area contributed by atoms with Gasteiger partial charge in [0.15, 0.2) is 11.6 Å². The molecular weight excluding hydrogens is 470 g/mol. The number of nitrogens with zero attached hydrogens (tertiary/aromatic N) is 1. The van der Waals surface area contributed by atoms with Crippen LogP contribution in [0.2, 0.25) is 0 Å². The molecule has 2 fully saturated rings. The lowest BCUT2D eigenvalue weighted by molar-refractivity contribution is 0.0575. The van der Waals surface area contributed by atoms with Crippen molar-refractivity contribution in [1.29, 1.82) is 0 Å². The van der Waals surface area contributed by atoms with Crippen molar-refractivity contribution in [2.24, 2.45) is 17.8 Å². The van der Waals surface area contributed by atoms with Crippen molar-refractivity contribution in [1.82, 2.24) is 10.2 Å². The normalized spacial score (nSPS) is 23.1. The minimum absolute atomic E-state index is 0.0380. The second-order valence-corrected chi connectivity index (χ2v) is 11.7. The van der Waals surface area contributed by atoms with Gasteiger partial charge < -0.3 is 15.0 Å². The number of benzene rings is 2. The summed E-state index contributed by atoms with van der Waals surface area (Å²) >= 11 is 0. The maximum atomic E-state index is 14.2. The van der Waals surface area contributed by atoms with E-state index in [2.05, 4.69) is 24.1 Å². The van der Waals surface area contributed by atoms with Crippen molar-refractivity contribution < 1.29 is 18.3 Å². The highest BCUT2D eigenvalue weighted by atomic mass is 19.1. The predicted molar refractivity (Wildman–Crippen MR) is 142 cm³/mol. The van der Waals surface area contributed by atoms with Crippen molar-refractivity contribution in [3.63, 3.8) is 0 Å². The standard InChI is InChI=1S/C31H40F2N2O2/c1-20(2)29(16-21-7-11-25(12-8-21)34-19-22-5-6-22)35-15-3-4-23-9-13-26(18-27(23)31(35)36)37-30-14-10-24(32)17-28(30)33/h9-10,13-14,17-18,20-22,25,29,34H,3-8,11-12,15-16,19H2,1-2H3/t21-,25+,29-/m0/s1. The Morgan fingerprint density at radius 1 is 1.00 bits per heavy atom. The van der Waals surface area contributed by atoms with Crippen LogP contribution in [0.5, 0.6) is 11.5 Å². The van der Waals surface area contributed by atoms with E-state index in [0.29, 0.717) is 29.2 Å². The molecule has 0 spiro atoms. The van der Waals surface area contributed by atoms with E-state index in [0.717, 1.165) is 43.4 Å². The van der Waals surface area contributed by atoms with E-state index < -0.39 is 11.6 Å². The molecule has 2 aromatic rings. The molecule has 0 saturated heterocycles. The lowest BCUT2D eigenvalue weighted by atomic mass is 9.80. The van der Waals surface area contributed by atoms with Crippen molar-refractivity contribution in [3.8, 4) is 11.5 Å². The average molecular weight is 511 g/mol. The van der Waals surface area contributed by atoms with Crippen molar-refractivity contribution in [3.05, 3.63) is 59.2 Å². The van der Waals surface area contributed by atoms with Gasteiger partial charge in [-0.1, -0.05) is 19.9 Å². The van der Waals surface area contributed by atoms with Crippen LogP contribution in [0.3, 0.4) is 0 Å². The number of nitrogens with one attached hydrogen (secondary N) is 1. The number of amides is 1. The molecule has 4 nitrogen and oxygen atoms in total. The number of carbonyl (C=O) groups is 1. The second-order valence-electron chi connectivity index (χ2n) is 11.7. The summed E-state index contributed by atoms with van der Waals surface area (Å²) in [6.45, 7) is 6.38. The van der Waals surface area contributed by atoms with Gasteiger partial charge in [0.1, 0.15) is 11.6 Å². The largest absolute Gasteiger partial charge is 0.454 e. The molecule has 1 heterocycles. The fourth-order valence-corrected chi connectivity index (χ4v) is 6.09. The van der Waals surface area contributed by atoms with Gasteiger partial charge in [0.2, 0.25) is 0 Å². The molecule has 1 atom stereocenters. The molecule has 1 amide bonds. The summed E-state index contributed by atoms with van der Waals surface area (Å²) in [6.07, 6.45) is 10.5. The SMILES string of the molecule is CC(C)[C@H](C[C@H]1CC[C@@H](NCC2CC2)CC1)N1CCCc2ccc(Oc3ccc(F)cc3F)cc2C1=O. The van der Waals surface area contributed by atoms with Crippen LogP contribution < -0.4 is 10.1 Å². The summed E-state index contributed by atoms with van der Waals surface area (Å²) in [5.41, 5.74) is 1.64. The molecule has 2 aliphatic carbocycles. The molecule has 0 radical (unpaired) electrons. The highest BCUT2D eigenvalue weighted by Gasteiger charge is 2.33. The Bertz CT molecular complexity index is 1090. The number of halogens is 2. The van der Waals surface area contributed by atoms with Crippen molar-refractivity contribution >= 4 is 5.91 Å². The second kappa shape index (κ2) is 11.5. The summed E-state index contributed by atoms with van der Waals surface area (Å²) in [6, 6.07) is 9.49. The van der Waals surface area contributed by atoms with E-state index in [1.165, 1.54) is 57.2 Å². The molecule has 37 heavy (non-hydrogen) atoms. The summed E-state index contributed by atoms with van der Waals surface area (Å²) in [5.74, 6) is 0.887. The first-order valence-electron chi connectivity index (χ1n) is 14.2. The molecule has 1 aliphatic heterocycles. The molecule has 0 unspecified atom stereocenters. The first kappa shape index (κ1) is 26.1. The predicted octanol–water partition coefficient (Wildman–Crippen LogP) is 7.12. The summed E-state index contributed by atoms with van der Waals surface area (Å²) in [7, 11) is 0. The fourth-order valence-electron chi connectivity index (χ4n) is 6.09. The zero-order valence-electron chi connectivity index (χ0n) is 22.1. The van der Waals surface area contributed by atoms with Crippen molar-refractivity contribution in [2.45, 2.75) is 83.7 Å². The van der Waals surface area contributed by atoms with Gasteiger partial charge in [-0.25, -0.2) is 8.78 Å². The zero-order chi connectivity index (χ0) is 25.9. The Labute approximate surface area is 219 Å². The van der Waals surface area contributed by atoms with Gasteiger partial charge in [-0.3, -0.25) is 4.79 Å². The molecule has 0 bridgehead atoms. The molecule has 2 aromatic carbocycles. The van der Waals surface area contributed by atoms with Gasteiger partial charge >= 0.3 is 0 Å². The van der Waals surface area contributed by atoms with Crippen LogP contribution in [-0.4, -0.2) is 36.0 Å². The molecule has 3 aliphatic rings. The number of ether oxygens (including phenoxy) is 1. The quantitative estimate of drug-likeness (QED) is 0.391. The van der Waals surface area contributed by atoms with E-state index in [1.807, 2.05) is 6.07 Å². The summed E-state index contributed by atoms with van der Waals surface area (Å²) in [4.78, 5) is 16.0. The van der Waals surface area contributed by atoms with Gasteiger partial charge in [0.05, 0.1) is 0 Å². The average Bonchev–Trinajstić information content (AvgIpc) is 3.72. The number of rotatable bonds is 9. The van der Waals surface area contributed by atoms with Gasteiger partial charge in [0.25, 0.3) is 5.91 Å². The molecule has 6 heteroatoms. The number of hydrogen-bond donors (Lipinski definition) is 1. The third-order valence-corrected chi connectivity index (χ3v) is 8.52. The molecule has 5 rings (SSSR count).